The van der Waals surface area contributed by atoms with Crippen molar-refractivity contribution in [1.29, 1.82) is 0 Å². The summed E-state index contributed by atoms with van der Waals surface area (Å²) in [6.45, 7) is 17.2. The first kappa shape index (κ1) is 47.1. The average Bonchev–Trinajstić information content (AvgIpc) is 3.82. The molecular weight excluding hydrogens is 753 g/mol. The molecule has 19 heteroatoms. The van der Waals surface area contributed by atoms with Crippen molar-refractivity contribution in [2.24, 2.45) is 29.4 Å². The molecule has 0 aromatic carbocycles. The van der Waals surface area contributed by atoms with E-state index < -0.39 is 89.9 Å². The van der Waals surface area contributed by atoms with Crippen LogP contribution in [0.25, 0.3) is 0 Å². The Balaban J connectivity index is 2.24. The molecule has 0 radical (unpaired) electrons. The minimum absolute atomic E-state index is 0.000256. The van der Waals surface area contributed by atoms with Gasteiger partial charge in [0.25, 0.3) is 11.8 Å². The molecule has 0 spiro atoms. The third-order valence-electron chi connectivity index (χ3n) is 9.40. The monoisotopic (exact) mass is 810 g/mol. The predicted molar refractivity (Wildman–Crippen MR) is 208 cm³/mol. The van der Waals surface area contributed by atoms with Gasteiger partial charge in [-0.15, -0.1) is 22.7 Å². The Labute approximate surface area is 330 Å². The van der Waals surface area contributed by atoms with Crippen molar-refractivity contribution >= 4 is 58.2 Å². The summed E-state index contributed by atoms with van der Waals surface area (Å²) in [6.07, 6.45) is -1.44. The number of carboxylic acids is 1. The number of carbonyl (C=O) groups is 6. The lowest BCUT2D eigenvalue weighted by molar-refractivity contribution is -0.140. The summed E-state index contributed by atoms with van der Waals surface area (Å²) in [5.41, 5.74) is 5.78. The molecular formula is C36H58N8O9S2. The van der Waals surface area contributed by atoms with Gasteiger partial charge >= 0.3 is 5.97 Å². The van der Waals surface area contributed by atoms with Gasteiger partial charge in [0.1, 0.15) is 45.6 Å². The number of hydrogen-bond donors (Lipinski definition) is 9. The number of amides is 5. The van der Waals surface area contributed by atoms with Crippen molar-refractivity contribution in [3.05, 3.63) is 32.2 Å². The van der Waals surface area contributed by atoms with E-state index in [2.05, 4.69) is 36.6 Å². The summed E-state index contributed by atoms with van der Waals surface area (Å²) in [4.78, 5) is 86.9. The van der Waals surface area contributed by atoms with Crippen molar-refractivity contribution < 1.29 is 44.1 Å². The molecule has 2 unspecified atom stereocenters. The van der Waals surface area contributed by atoms with Crippen LogP contribution < -0.4 is 32.3 Å². The smallest absolute Gasteiger partial charge is 0.326 e. The zero-order valence-electron chi connectivity index (χ0n) is 33.1. The molecule has 2 heterocycles. The molecule has 308 valence electrons. The van der Waals surface area contributed by atoms with Gasteiger partial charge in [-0.2, -0.15) is 0 Å². The van der Waals surface area contributed by atoms with Crippen LogP contribution in [-0.4, -0.2) is 97.2 Å². The van der Waals surface area contributed by atoms with Crippen LogP contribution in [0.3, 0.4) is 0 Å². The maximum atomic E-state index is 13.7. The second kappa shape index (κ2) is 21.3. The first-order valence-corrected chi connectivity index (χ1v) is 20.2. The van der Waals surface area contributed by atoms with E-state index in [0.717, 1.165) is 22.7 Å². The first-order chi connectivity index (χ1) is 25.6. The number of aliphatic hydroxyl groups is 2. The fourth-order valence-electron chi connectivity index (χ4n) is 5.27. The maximum absolute atomic E-state index is 13.7. The van der Waals surface area contributed by atoms with Gasteiger partial charge in [-0.05, 0) is 37.5 Å². The number of thiazole rings is 2. The van der Waals surface area contributed by atoms with Gasteiger partial charge in [0.15, 0.2) is 0 Å². The number of rotatable bonds is 21. The van der Waals surface area contributed by atoms with Crippen LogP contribution in [0.2, 0.25) is 0 Å². The molecule has 2 rings (SSSR count). The lowest BCUT2D eigenvalue weighted by atomic mass is 9.97. The minimum atomic E-state index is -1.44. The van der Waals surface area contributed by atoms with Crippen LogP contribution in [0, 0.1) is 23.7 Å². The molecule has 0 saturated heterocycles. The Morgan fingerprint density at radius 2 is 1.02 bits per heavy atom. The predicted octanol–water partition coefficient (Wildman–Crippen LogP) is 1.87. The Morgan fingerprint density at radius 3 is 1.40 bits per heavy atom. The van der Waals surface area contributed by atoms with Crippen LogP contribution >= 0.6 is 22.7 Å². The van der Waals surface area contributed by atoms with E-state index >= 15 is 0 Å². The molecule has 0 aliphatic heterocycles. The highest BCUT2D eigenvalue weighted by molar-refractivity contribution is 7.10. The summed E-state index contributed by atoms with van der Waals surface area (Å²) in [7, 11) is 0. The Hall–Kier alpha value is -4.04. The summed E-state index contributed by atoms with van der Waals surface area (Å²) in [5.74, 6) is -5.67. The SMILES string of the molecule is CCC(C)[C@H](NC(=O)c1csc([C@H](NC(=O)[C@@H](NC(=O)[C@@H](NC(=O)c2csc([C@H](NC(=O)[C@@H](N)[C@@H](C)O)C(C)C)n2)C(C)CC)[C@@H](C)O)C(C)C)n1)C(=O)O. The Kier molecular flexibility index (Phi) is 18.3. The summed E-state index contributed by atoms with van der Waals surface area (Å²) < 4.78 is 0. The van der Waals surface area contributed by atoms with Crippen molar-refractivity contribution in [2.75, 3.05) is 0 Å². The van der Waals surface area contributed by atoms with Gasteiger partial charge in [0, 0.05) is 10.8 Å². The molecule has 2 aromatic rings. The Bertz CT molecular complexity index is 1630. The van der Waals surface area contributed by atoms with E-state index in [1.54, 1.807) is 13.8 Å². The van der Waals surface area contributed by atoms with Crippen molar-refractivity contribution in [3.8, 4) is 0 Å². The van der Waals surface area contributed by atoms with Crippen LogP contribution in [0.4, 0.5) is 0 Å². The number of aromatic nitrogens is 2. The third-order valence-corrected chi connectivity index (χ3v) is 11.3. The number of aliphatic hydroxyl groups excluding tert-OH is 2. The molecule has 0 fully saturated rings. The third kappa shape index (κ3) is 13.0. The molecule has 10 atom stereocenters. The minimum Gasteiger partial charge on any atom is -0.480 e. The highest BCUT2D eigenvalue weighted by Crippen LogP contribution is 2.27. The van der Waals surface area contributed by atoms with Crippen molar-refractivity contribution in [2.45, 2.75) is 131 Å². The van der Waals surface area contributed by atoms with E-state index in [-0.39, 0.29) is 29.1 Å². The van der Waals surface area contributed by atoms with Gasteiger partial charge < -0.3 is 47.6 Å². The van der Waals surface area contributed by atoms with Gasteiger partial charge in [0.05, 0.1) is 24.3 Å². The van der Waals surface area contributed by atoms with Crippen LogP contribution in [0.1, 0.15) is 125 Å². The standard InChI is InChI=1S/C36H58N8O9S2/c1-11-17(7)26(42-29(47)21-13-54-34(38-21)24(15(3)4)40-31(49)23(37)19(9)45)32(50)44-28(20(10)46)33(51)41-25(16(5)6)35-39-22(14-55-35)30(48)43-27(36(52)53)18(8)12-2/h13-20,23-28,45-46H,11-12,37H2,1-10H3,(H,40,49)(H,41,51)(H,42,47)(H,43,48)(H,44,50)(H,52,53)/t17?,18?,19-,20-,23+,24-,25-,26+,27+,28+/m1/s1. The zero-order chi connectivity index (χ0) is 41.9. The number of nitrogens with one attached hydrogen (secondary N) is 5. The van der Waals surface area contributed by atoms with Gasteiger partial charge in [-0.1, -0.05) is 68.2 Å². The molecule has 55 heavy (non-hydrogen) atoms. The first-order valence-electron chi connectivity index (χ1n) is 18.4. The summed E-state index contributed by atoms with van der Waals surface area (Å²) in [6, 6.07) is -6.19. The number of nitrogens with zero attached hydrogens (tertiary/aromatic N) is 2. The number of aliphatic carboxylic acids is 1. The largest absolute Gasteiger partial charge is 0.480 e. The number of carboxylic acid groups (broad SMARTS) is 1. The molecule has 0 aliphatic rings. The lowest BCUT2D eigenvalue weighted by Crippen LogP contribution is -2.59. The molecule has 17 nitrogen and oxygen atoms in total. The Morgan fingerprint density at radius 1 is 0.618 bits per heavy atom. The van der Waals surface area contributed by atoms with Crippen LogP contribution in [0.5, 0.6) is 0 Å². The van der Waals surface area contributed by atoms with Crippen molar-refractivity contribution in [3.63, 3.8) is 0 Å². The number of nitrogens with two attached hydrogens (primary N) is 1. The lowest BCUT2D eigenvalue weighted by Gasteiger charge is -2.29. The molecule has 10 N–H and O–H groups in total. The molecule has 2 aromatic heterocycles. The zero-order valence-corrected chi connectivity index (χ0v) is 34.7. The van der Waals surface area contributed by atoms with E-state index in [1.807, 2.05) is 41.5 Å². The topological polar surface area (TPSA) is 275 Å². The molecule has 0 saturated carbocycles. The number of carbonyl (C=O) groups excluding carboxylic acids is 5. The number of hydrogen-bond acceptors (Lipinski definition) is 13. The maximum Gasteiger partial charge on any atom is 0.326 e. The van der Waals surface area contributed by atoms with Crippen LogP contribution in [0.15, 0.2) is 10.8 Å². The fraction of sp³-hybridized carbons (Fsp3) is 0.667. The summed E-state index contributed by atoms with van der Waals surface area (Å²) >= 11 is 2.23. The van der Waals surface area contributed by atoms with Crippen molar-refractivity contribution in [1.82, 2.24) is 36.6 Å². The van der Waals surface area contributed by atoms with E-state index in [4.69, 9.17) is 5.73 Å². The van der Waals surface area contributed by atoms with E-state index in [0.29, 0.717) is 22.9 Å². The van der Waals surface area contributed by atoms with Gasteiger partial charge in [0.2, 0.25) is 17.7 Å². The van der Waals surface area contributed by atoms with E-state index in [1.165, 1.54) is 24.6 Å². The average molecular weight is 811 g/mol. The van der Waals surface area contributed by atoms with E-state index in [9.17, 15) is 44.1 Å². The fourth-order valence-corrected chi connectivity index (χ4v) is 7.31. The quantitative estimate of drug-likeness (QED) is 0.0875. The molecule has 0 aliphatic carbocycles. The highest BCUT2D eigenvalue weighted by atomic mass is 32.1. The molecule has 5 amide bonds. The second-order valence-electron chi connectivity index (χ2n) is 14.6. The molecule has 0 bridgehead atoms. The highest BCUT2D eigenvalue weighted by Gasteiger charge is 2.35. The normalized spacial score (nSPS) is 17.1. The van der Waals surface area contributed by atoms with Gasteiger partial charge in [-0.25, -0.2) is 14.8 Å². The van der Waals surface area contributed by atoms with Gasteiger partial charge in [-0.3, -0.25) is 24.0 Å². The summed E-state index contributed by atoms with van der Waals surface area (Å²) in [5, 5.41) is 47.1. The second-order valence-corrected chi connectivity index (χ2v) is 16.4. The van der Waals surface area contributed by atoms with Crippen LogP contribution in [-0.2, 0) is 19.2 Å².